The van der Waals surface area contributed by atoms with Crippen molar-refractivity contribution in [1.29, 1.82) is 0 Å². The lowest BCUT2D eigenvalue weighted by Gasteiger charge is -2.17. The van der Waals surface area contributed by atoms with E-state index in [1.165, 1.54) is 0 Å². The zero-order valence-corrected chi connectivity index (χ0v) is 9.90. The predicted octanol–water partition coefficient (Wildman–Crippen LogP) is 1.17. The third-order valence-corrected chi connectivity index (χ3v) is 2.65. The van der Waals surface area contributed by atoms with Gasteiger partial charge in [0, 0.05) is 19.5 Å². The Hall–Kier alpha value is -1.29. The van der Waals surface area contributed by atoms with Gasteiger partial charge in [0.05, 0.1) is 12.2 Å². The number of amides is 1. The Kier molecular flexibility index (Phi) is 5.05. The van der Waals surface area contributed by atoms with E-state index in [0.717, 1.165) is 5.76 Å². The molecular weight excluding hydrogens is 204 g/mol. The van der Waals surface area contributed by atoms with Gasteiger partial charge in [-0.2, -0.15) is 0 Å². The first kappa shape index (κ1) is 12.8. The largest absolute Gasteiger partial charge is 0.469 e. The minimum atomic E-state index is -0.100. The van der Waals surface area contributed by atoms with E-state index in [-0.39, 0.29) is 17.7 Å². The minimum absolute atomic E-state index is 0.0315. The smallest absolute Gasteiger partial charge is 0.224 e. The third kappa shape index (κ3) is 3.70. The number of carbonyl (C=O) groups is 1. The average molecular weight is 224 g/mol. The molecule has 1 heterocycles. The van der Waals surface area contributed by atoms with Gasteiger partial charge in [-0.25, -0.2) is 0 Å². The van der Waals surface area contributed by atoms with Crippen molar-refractivity contribution >= 4 is 5.91 Å². The van der Waals surface area contributed by atoms with Crippen molar-refractivity contribution in [2.24, 2.45) is 17.6 Å². The number of nitrogens with two attached hydrogens (primary N) is 1. The van der Waals surface area contributed by atoms with Crippen LogP contribution >= 0.6 is 0 Å². The van der Waals surface area contributed by atoms with Crippen LogP contribution in [0.2, 0.25) is 0 Å². The SMILES string of the molecule is CC(C)C(CN)C(=O)NCCc1ccco1. The van der Waals surface area contributed by atoms with Gasteiger partial charge >= 0.3 is 0 Å². The molecule has 1 unspecified atom stereocenters. The quantitative estimate of drug-likeness (QED) is 0.762. The summed E-state index contributed by atoms with van der Waals surface area (Å²) in [5, 5.41) is 2.87. The summed E-state index contributed by atoms with van der Waals surface area (Å²) in [5.74, 6) is 1.09. The number of furan rings is 1. The molecule has 3 N–H and O–H groups in total. The van der Waals surface area contributed by atoms with E-state index >= 15 is 0 Å². The van der Waals surface area contributed by atoms with Gasteiger partial charge in [0.2, 0.25) is 5.91 Å². The lowest BCUT2D eigenvalue weighted by Crippen LogP contribution is -2.38. The van der Waals surface area contributed by atoms with Crippen molar-refractivity contribution in [3.63, 3.8) is 0 Å². The fourth-order valence-corrected chi connectivity index (χ4v) is 1.58. The molecule has 0 spiro atoms. The molecule has 90 valence electrons. The van der Waals surface area contributed by atoms with Crippen LogP contribution in [-0.4, -0.2) is 19.0 Å². The van der Waals surface area contributed by atoms with Crippen LogP contribution in [0.25, 0.3) is 0 Å². The molecule has 0 aromatic carbocycles. The molecule has 16 heavy (non-hydrogen) atoms. The summed E-state index contributed by atoms with van der Waals surface area (Å²) in [7, 11) is 0. The Morgan fingerprint density at radius 3 is 2.81 bits per heavy atom. The molecule has 0 aliphatic heterocycles. The molecule has 0 fully saturated rings. The summed E-state index contributed by atoms with van der Waals surface area (Å²) in [4.78, 5) is 11.7. The second-order valence-corrected chi connectivity index (χ2v) is 4.21. The van der Waals surface area contributed by atoms with Crippen molar-refractivity contribution in [1.82, 2.24) is 5.32 Å². The van der Waals surface area contributed by atoms with E-state index < -0.39 is 0 Å². The van der Waals surface area contributed by atoms with Crippen LogP contribution in [0.15, 0.2) is 22.8 Å². The molecule has 1 aromatic rings. The van der Waals surface area contributed by atoms with Gasteiger partial charge in [-0.3, -0.25) is 4.79 Å². The Balaban J connectivity index is 2.29. The van der Waals surface area contributed by atoms with E-state index in [1.54, 1.807) is 6.26 Å². The molecule has 0 aliphatic carbocycles. The van der Waals surface area contributed by atoms with Crippen LogP contribution < -0.4 is 11.1 Å². The van der Waals surface area contributed by atoms with Crippen molar-refractivity contribution < 1.29 is 9.21 Å². The van der Waals surface area contributed by atoms with Gasteiger partial charge in [-0.15, -0.1) is 0 Å². The van der Waals surface area contributed by atoms with Gasteiger partial charge in [0.25, 0.3) is 0 Å². The fourth-order valence-electron chi connectivity index (χ4n) is 1.58. The van der Waals surface area contributed by atoms with Crippen LogP contribution in [0.4, 0.5) is 0 Å². The maximum atomic E-state index is 11.7. The monoisotopic (exact) mass is 224 g/mol. The van der Waals surface area contributed by atoms with Crippen molar-refractivity contribution in [3.05, 3.63) is 24.2 Å². The van der Waals surface area contributed by atoms with Gasteiger partial charge in [0.1, 0.15) is 5.76 Å². The van der Waals surface area contributed by atoms with Gasteiger partial charge in [-0.05, 0) is 18.1 Å². The van der Waals surface area contributed by atoms with E-state index in [9.17, 15) is 4.79 Å². The first-order valence-corrected chi connectivity index (χ1v) is 5.65. The second-order valence-electron chi connectivity index (χ2n) is 4.21. The fraction of sp³-hybridized carbons (Fsp3) is 0.583. The predicted molar refractivity (Wildman–Crippen MR) is 62.8 cm³/mol. The first-order valence-electron chi connectivity index (χ1n) is 5.65. The average Bonchev–Trinajstić information content (AvgIpc) is 2.71. The van der Waals surface area contributed by atoms with Gasteiger partial charge < -0.3 is 15.5 Å². The van der Waals surface area contributed by atoms with Gasteiger partial charge in [0.15, 0.2) is 0 Å². The molecule has 0 aliphatic rings. The molecule has 0 radical (unpaired) electrons. The lowest BCUT2D eigenvalue weighted by atomic mass is 9.95. The van der Waals surface area contributed by atoms with Crippen molar-refractivity contribution in [3.8, 4) is 0 Å². The number of nitrogens with one attached hydrogen (secondary N) is 1. The van der Waals surface area contributed by atoms with Gasteiger partial charge in [-0.1, -0.05) is 13.8 Å². The minimum Gasteiger partial charge on any atom is -0.469 e. The topological polar surface area (TPSA) is 68.3 Å². The molecule has 4 nitrogen and oxygen atoms in total. The summed E-state index contributed by atoms with van der Waals surface area (Å²) >= 11 is 0. The Morgan fingerprint density at radius 1 is 1.56 bits per heavy atom. The number of carbonyl (C=O) groups excluding carboxylic acids is 1. The first-order chi connectivity index (χ1) is 7.65. The molecular formula is C12H20N2O2. The number of rotatable bonds is 6. The van der Waals surface area contributed by atoms with Crippen molar-refractivity contribution in [2.75, 3.05) is 13.1 Å². The van der Waals surface area contributed by atoms with Crippen LogP contribution in [0, 0.1) is 11.8 Å². The normalized spacial score (nSPS) is 12.8. The van der Waals surface area contributed by atoms with Crippen molar-refractivity contribution in [2.45, 2.75) is 20.3 Å². The summed E-state index contributed by atoms with van der Waals surface area (Å²) in [6.07, 6.45) is 2.35. The highest BCUT2D eigenvalue weighted by atomic mass is 16.3. The van der Waals surface area contributed by atoms with E-state index in [0.29, 0.717) is 19.5 Å². The molecule has 1 aromatic heterocycles. The zero-order chi connectivity index (χ0) is 12.0. The van der Waals surface area contributed by atoms with Crippen LogP contribution in [0.3, 0.4) is 0 Å². The molecule has 1 rings (SSSR count). The Bertz CT molecular complexity index is 307. The number of hydrogen-bond acceptors (Lipinski definition) is 3. The second kappa shape index (κ2) is 6.33. The highest BCUT2D eigenvalue weighted by Crippen LogP contribution is 2.09. The highest BCUT2D eigenvalue weighted by Gasteiger charge is 2.19. The summed E-state index contributed by atoms with van der Waals surface area (Å²) in [6, 6.07) is 3.74. The summed E-state index contributed by atoms with van der Waals surface area (Å²) < 4.78 is 5.17. The van der Waals surface area contributed by atoms with E-state index in [1.807, 2.05) is 26.0 Å². The number of hydrogen-bond donors (Lipinski definition) is 2. The standard InChI is InChI=1S/C12H20N2O2/c1-9(2)11(8-13)12(15)14-6-5-10-4-3-7-16-10/h3-4,7,9,11H,5-6,8,13H2,1-2H3,(H,14,15). The molecule has 0 saturated carbocycles. The van der Waals surface area contributed by atoms with Crippen LogP contribution in [0.1, 0.15) is 19.6 Å². The molecule has 0 bridgehead atoms. The molecule has 1 atom stereocenters. The molecule has 1 amide bonds. The highest BCUT2D eigenvalue weighted by molar-refractivity contribution is 5.79. The summed E-state index contributed by atoms with van der Waals surface area (Å²) in [5.41, 5.74) is 5.56. The maximum Gasteiger partial charge on any atom is 0.224 e. The molecule has 0 saturated heterocycles. The zero-order valence-electron chi connectivity index (χ0n) is 9.90. The van der Waals surface area contributed by atoms with Crippen LogP contribution in [0.5, 0.6) is 0 Å². The third-order valence-electron chi connectivity index (χ3n) is 2.65. The van der Waals surface area contributed by atoms with E-state index in [4.69, 9.17) is 10.2 Å². The Morgan fingerprint density at radius 2 is 2.31 bits per heavy atom. The lowest BCUT2D eigenvalue weighted by molar-refractivity contribution is -0.125. The van der Waals surface area contributed by atoms with E-state index in [2.05, 4.69) is 5.32 Å². The summed E-state index contributed by atoms with van der Waals surface area (Å²) in [6.45, 7) is 4.99. The van der Waals surface area contributed by atoms with Crippen LogP contribution in [-0.2, 0) is 11.2 Å². The maximum absolute atomic E-state index is 11.7. The Labute approximate surface area is 96.2 Å². The molecule has 4 heteroatoms.